The molecule has 0 atom stereocenters. The van der Waals surface area contributed by atoms with Gasteiger partial charge in [0.2, 0.25) is 0 Å². The van der Waals surface area contributed by atoms with Gasteiger partial charge in [0, 0.05) is 29.2 Å². The number of fused-ring (bicyclic) bond motifs is 1. The molecular formula is C13H17NO. The maximum Gasteiger partial charge on any atom is 0.122 e. The fourth-order valence-corrected chi connectivity index (χ4v) is 2.27. The molecule has 0 radical (unpaired) electrons. The average molecular weight is 203 g/mol. The van der Waals surface area contributed by atoms with Crippen molar-refractivity contribution in [3.8, 4) is 5.75 Å². The molecule has 0 aliphatic heterocycles. The van der Waals surface area contributed by atoms with Crippen LogP contribution in [-0.2, 0) is 7.05 Å². The highest BCUT2D eigenvalue weighted by atomic mass is 16.5. The van der Waals surface area contributed by atoms with E-state index in [4.69, 9.17) is 4.74 Å². The van der Waals surface area contributed by atoms with Crippen molar-refractivity contribution in [3.05, 3.63) is 29.0 Å². The number of aromatic nitrogens is 1. The van der Waals surface area contributed by atoms with Crippen LogP contribution >= 0.6 is 0 Å². The minimum atomic E-state index is 0.969. The van der Waals surface area contributed by atoms with Crippen molar-refractivity contribution in [1.82, 2.24) is 4.57 Å². The number of rotatable bonds is 1. The minimum Gasteiger partial charge on any atom is -0.496 e. The maximum atomic E-state index is 5.35. The van der Waals surface area contributed by atoms with Gasteiger partial charge in [0.1, 0.15) is 5.75 Å². The Labute approximate surface area is 90.5 Å². The van der Waals surface area contributed by atoms with E-state index < -0.39 is 0 Å². The van der Waals surface area contributed by atoms with Crippen molar-refractivity contribution in [2.75, 3.05) is 7.11 Å². The second kappa shape index (κ2) is 3.30. The summed E-state index contributed by atoms with van der Waals surface area (Å²) in [6.07, 6.45) is 0. The summed E-state index contributed by atoms with van der Waals surface area (Å²) in [7, 11) is 3.83. The summed E-state index contributed by atoms with van der Waals surface area (Å²) in [5.41, 5.74) is 5.18. The molecule has 1 aromatic heterocycles. The van der Waals surface area contributed by atoms with E-state index in [0.717, 1.165) is 5.75 Å². The molecule has 1 aromatic carbocycles. The monoisotopic (exact) mass is 203 g/mol. The fourth-order valence-electron chi connectivity index (χ4n) is 2.27. The van der Waals surface area contributed by atoms with E-state index in [1.54, 1.807) is 7.11 Å². The number of nitrogens with zero attached hydrogens (tertiary/aromatic N) is 1. The second-order valence-electron chi connectivity index (χ2n) is 4.06. The molecule has 0 fully saturated rings. The molecule has 0 saturated carbocycles. The molecule has 2 rings (SSSR count). The third kappa shape index (κ3) is 1.24. The first-order chi connectivity index (χ1) is 7.07. The first kappa shape index (κ1) is 10.1. The molecule has 0 saturated heterocycles. The van der Waals surface area contributed by atoms with Gasteiger partial charge in [-0.2, -0.15) is 0 Å². The first-order valence-electron chi connectivity index (χ1n) is 5.17. The van der Waals surface area contributed by atoms with Gasteiger partial charge in [-0.25, -0.2) is 0 Å². The van der Waals surface area contributed by atoms with Crippen LogP contribution in [0, 0.1) is 20.8 Å². The van der Waals surface area contributed by atoms with E-state index in [2.05, 4.69) is 38.5 Å². The number of ether oxygens (including phenoxy) is 1. The number of hydrogen-bond donors (Lipinski definition) is 0. The summed E-state index contributed by atoms with van der Waals surface area (Å²) in [6, 6.07) is 4.16. The lowest BCUT2D eigenvalue weighted by Crippen LogP contribution is -1.91. The van der Waals surface area contributed by atoms with Gasteiger partial charge in [0.25, 0.3) is 0 Å². The minimum absolute atomic E-state index is 0.969. The van der Waals surface area contributed by atoms with Crippen molar-refractivity contribution < 1.29 is 4.74 Å². The third-order valence-corrected chi connectivity index (χ3v) is 3.40. The molecule has 0 spiro atoms. The maximum absolute atomic E-state index is 5.35. The second-order valence-corrected chi connectivity index (χ2v) is 4.06. The van der Waals surface area contributed by atoms with Gasteiger partial charge in [0.15, 0.2) is 0 Å². The SMILES string of the molecule is COc1ccc2c(c1C)c(C)c(C)n2C. The molecule has 0 amide bonds. The van der Waals surface area contributed by atoms with Crippen molar-refractivity contribution in [1.29, 1.82) is 0 Å². The summed E-state index contributed by atoms with van der Waals surface area (Å²) in [5.74, 6) is 0.969. The molecule has 80 valence electrons. The van der Waals surface area contributed by atoms with Gasteiger partial charge in [-0.15, -0.1) is 0 Å². The van der Waals surface area contributed by atoms with Crippen molar-refractivity contribution in [2.24, 2.45) is 7.05 Å². The average Bonchev–Trinajstić information content (AvgIpc) is 2.45. The largest absolute Gasteiger partial charge is 0.496 e. The molecule has 2 nitrogen and oxygen atoms in total. The molecule has 0 unspecified atom stereocenters. The molecular weight excluding hydrogens is 186 g/mol. The normalized spacial score (nSPS) is 11.0. The highest BCUT2D eigenvalue weighted by Crippen LogP contribution is 2.32. The smallest absolute Gasteiger partial charge is 0.122 e. The molecule has 1 heterocycles. The molecule has 0 aliphatic carbocycles. The number of hydrogen-bond acceptors (Lipinski definition) is 1. The molecule has 2 heteroatoms. The number of aryl methyl sites for hydroxylation is 3. The van der Waals surface area contributed by atoms with Crippen LogP contribution in [0.2, 0.25) is 0 Å². The standard InChI is InChI=1S/C13H17NO/c1-8-10(3)14(4)11-6-7-12(15-5)9(2)13(8)11/h6-7H,1-5H3. The van der Waals surface area contributed by atoms with Gasteiger partial charge < -0.3 is 9.30 Å². The highest BCUT2D eigenvalue weighted by molar-refractivity contribution is 5.90. The molecule has 15 heavy (non-hydrogen) atoms. The lowest BCUT2D eigenvalue weighted by Gasteiger charge is -2.06. The van der Waals surface area contributed by atoms with E-state index in [-0.39, 0.29) is 0 Å². The number of methoxy groups -OCH3 is 1. The fraction of sp³-hybridized carbons (Fsp3) is 0.385. The third-order valence-electron chi connectivity index (χ3n) is 3.40. The summed E-state index contributed by atoms with van der Waals surface area (Å²) in [5, 5.41) is 1.33. The van der Waals surface area contributed by atoms with Crippen LogP contribution in [0.1, 0.15) is 16.8 Å². The summed E-state index contributed by atoms with van der Waals surface area (Å²) >= 11 is 0. The topological polar surface area (TPSA) is 14.2 Å². The van der Waals surface area contributed by atoms with E-state index >= 15 is 0 Å². The Hall–Kier alpha value is -1.44. The van der Waals surface area contributed by atoms with Crippen LogP contribution in [0.25, 0.3) is 10.9 Å². The van der Waals surface area contributed by atoms with E-state index in [9.17, 15) is 0 Å². The highest BCUT2D eigenvalue weighted by Gasteiger charge is 2.12. The first-order valence-corrected chi connectivity index (χ1v) is 5.17. The van der Waals surface area contributed by atoms with Gasteiger partial charge in [0.05, 0.1) is 7.11 Å². The predicted octanol–water partition coefficient (Wildman–Crippen LogP) is 3.11. The predicted molar refractivity (Wildman–Crippen MR) is 63.7 cm³/mol. The lowest BCUT2D eigenvalue weighted by atomic mass is 10.1. The summed E-state index contributed by atoms with van der Waals surface area (Å²) in [6.45, 7) is 6.44. The molecule has 2 aromatic rings. The Kier molecular flexibility index (Phi) is 2.22. The van der Waals surface area contributed by atoms with E-state index in [0.29, 0.717) is 0 Å². The van der Waals surface area contributed by atoms with Crippen LogP contribution < -0.4 is 4.74 Å². The van der Waals surface area contributed by atoms with Crippen molar-refractivity contribution in [3.63, 3.8) is 0 Å². The lowest BCUT2D eigenvalue weighted by molar-refractivity contribution is 0.412. The van der Waals surface area contributed by atoms with Gasteiger partial charge in [-0.05, 0) is 38.5 Å². The van der Waals surface area contributed by atoms with E-state index in [1.807, 2.05) is 6.07 Å². The quantitative estimate of drug-likeness (QED) is 0.694. The van der Waals surface area contributed by atoms with Crippen LogP contribution in [0.5, 0.6) is 5.75 Å². The molecule has 0 N–H and O–H groups in total. The Balaban J connectivity index is 2.93. The Morgan fingerprint density at radius 2 is 1.73 bits per heavy atom. The van der Waals surface area contributed by atoms with Gasteiger partial charge in [-0.1, -0.05) is 0 Å². The van der Waals surface area contributed by atoms with Crippen molar-refractivity contribution in [2.45, 2.75) is 20.8 Å². The number of benzene rings is 1. The zero-order chi connectivity index (χ0) is 11.2. The Morgan fingerprint density at radius 1 is 1.07 bits per heavy atom. The van der Waals surface area contributed by atoms with Gasteiger partial charge >= 0.3 is 0 Å². The van der Waals surface area contributed by atoms with Crippen LogP contribution in [0.3, 0.4) is 0 Å². The van der Waals surface area contributed by atoms with Gasteiger partial charge in [-0.3, -0.25) is 0 Å². The zero-order valence-electron chi connectivity index (χ0n) is 10.0. The summed E-state index contributed by atoms with van der Waals surface area (Å²) in [4.78, 5) is 0. The Bertz CT molecular complexity index is 523. The summed E-state index contributed by atoms with van der Waals surface area (Å²) < 4.78 is 7.58. The zero-order valence-corrected chi connectivity index (χ0v) is 10.0. The molecule has 0 aliphatic rings. The van der Waals surface area contributed by atoms with E-state index in [1.165, 1.54) is 27.7 Å². The Morgan fingerprint density at radius 3 is 2.33 bits per heavy atom. The van der Waals surface area contributed by atoms with Crippen molar-refractivity contribution >= 4 is 10.9 Å². The molecule has 0 bridgehead atoms. The van der Waals surface area contributed by atoms with Crippen LogP contribution in [-0.4, -0.2) is 11.7 Å². The van der Waals surface area contributed by atoms with Crippen LogP contribution in [0.4, 0.5) is 0 Å². The van der Waals surface area contributed by atoms with Crippen LogP contribution in [0.15, 0.2) is 12.1 Å².